The van der Waals surface area contributed by atoms with E-state index in [1.54, 1.807) is 19.1 Å². The number of esters is 1. The van der Waals surface area contributed by atoms with Crippen molar-refractivity contribution in [3.05, 3.63) is 52.6 Å². The summed E-state index contributed by atoms with van der Waals surface area (Å²) in [6, 6.07) is 7.83. The van der Waals surface area contributed by atoms with Crippen LogP contribution in [0.15, 0.2) is 41.2 Å². The summed E-state index contributed by atoms with van der Waals surface area (Å²) in [5.74, 6) is -0.878. The fourth-order valence-corrected chi connectivity index (χ4v) is 2.00. The number of ether oxygens (including phenoxy) is 1. The first-order chi connectivity index (χ1) is 10.1. The molecule has 0 aliphatic carbocycles. The molecule has 21 heavy (non-hydrogen) atoms. The number of nitrogens with zero attached hydrogens (tertiary/aromatic N) is 2. The molecule has 1 aromatic carbocycles. The van der Waals surface area contributed by atoms with Gasteiger partial charge in [-0.3, -0.25) is 4.79 Å². The predicted molar refractivity (Wildman–Crippen MR) is 75.2 cm³/mol. The third kappa shape index (κ3) is 3.16. The highest BCUT2D eigenvalue weighted by Gasteiger charge is 2.21. The molecule has 0 fully saturated rings. The van der Waals surface area contributed by atoms with Gasteiger partial charge in [-0.25, -0.2) is 13.9 Å². The Bertz CT molecular complexity index is 695. The van der Waals surface area contributed by atoms with Gasteiger partial charge in [0.05, 0.1) is 12.8 Å². The monoisotopic (exact) mass is 290 g/mol. The molecule has 5 nitrogen and oxygen atoms in total. The average Bonchev–Trinajstić information content (AvgIpc) is 2.50. The normalized spacial score (nSPS) is 12.0. The van der Waals surface area contributed by atoms with Crippen LogP contribution >= 0.6 is 0 Å². The van der Waals surface area contributed by atoms with Crippen molar-refractivity contribution in [2.24, 2.45) is 0 Å². The van der Waals surface area contributed by atoms with Crippen LogP contribution in [0.1, 0.15) is 19.4 Å². The third-order valence-electron chi connectivity index (χ3n) is 3.12. The van der Waals surface area contributed by atoms with E-state index in [1.807, 2.05) is 0 Å². The van der Waals surface area contributed by atoms with Crippen molar-refractivity contribution in [3.63, 3.8) is 0 Å². The minimum atomic E-state index is -0.775. The van der Waals surface area contributed by atoms with Crippen LogP contribution in [0.3, 0.4) is 0 Å². The highest BCUT2D eigenvalue weighted by atomic mass is 19.1. The lowest BCUT2D eigenvalue weighted by Crippen LogP contribution is -2.32. The summed E-state index contributed by atoms with van der Waals surface area (Å²) >= 11 is 0. The Balaban J connectivity index is 2.48. The van der Waals surface area contributed by atoms with Gasteiger partial charge in [0.15, 0.2) is 6.04 Å². The average molecular weight is 290 g/mol. The van der Waals surface area contributed by atoms with Gasteiger partial charge in [0, 0.05) is 11.6 Å². The van der Waals surface area contributed by atoms with Crippen molar-refractivity contribution >= 4 is 5.97 Å². The second-order valence-electron chi connectivity index (χ2n) is 4.46. The molecular formula is C15H15FN2O3. The van der Waals surface area contributed by atoms with E-state index in [0.717, 1.165) is 4.68 Å². The zero-order chi connectivity index (χ0) is 15.4. The number of carbonyl (C=O) groups excluding carboxylic acids is 1. The zero-order valence-corrected chi connectivity index (χ0v) is 11.7. The summed E-state index contributed by atoms with van der Waals surface area (Å²) in [4.78, 5) is 23.6. The van der Waals surface area contributed by atoms with Gasteiger partial charge in [-0.1, -0.05) is 6.92 Å². The lowest BCUT2D eigenvalue weighted by atomic mass is 10.1. The molecule has 0 saturated heterocycles. The minimum Gasteiger partial charge on any atom is -0.467 e. The second kappa shape index (κ2) is 6.30. The predicted octanol–water partition coefficient (Wildman–Crippen LogP) is 2.17. The van der Waals surface area contributed by atoms with E-state index in [4.69, 9.17) is 0 Å². The molecule has 2 rings (SSSR count). The van der Waals surface area contributed by atoms with E-state index < -0.39 is 17.6 Å². The molecule has 2 aromatic rings. The van der Waals surface area contributed by atoms with Gasteiger partial charge < -0.3 is 4.74 Å². The standard InChI is InChI=1S/C15H15FN2O3/c1-3-13(15(20)21-2)18-14(19)9-8-12(17-18)10-4-6-11(16)7-5-10/h4-9,13H,3H2,1-2H3/t13-/m0/s1. The number of aromatic nitrogens is 2. The quantitative estimate of drug-likeness (QED) is 0.810. The summed E-state index contributed by atoms with van der Waals surface area (Å²) in [5.41, 5.74) is 0.750. The molecule has 110 valence electrons. The van der Waals surface area contributed by atoms with Gasteiger partial charge in [-0.15, -0.1) is 0 Å². The Morgan fingerprint density at radius 2 is 1.95 bits per heavy atom. The van der Waals surface area contributed by atoms with Gasteiger partial charge in [0.25, 0.3) is 5.56 Å². The first-order valence-electron chi connectivity index (χ1n) is 6.50. The molecule has 1 atom stereocenters. The molecule has 0 aliphatic rings. The van der Waals surface area contributed by atoms with E-state index in [0.29, 0.717) is 17.7 Å². The zero-order valence-electron chi connectivity index (χ0n) is 11.7. The highest BCUT2D eigenvalue weighted by molar-refractivity contribution is 5.73. The molecule has 6 heteroatoms. The summed E-state index contributed by atoms with van der Waals surface area (Å²) in [7, 11) is 1.26. The minimum absolute atomic E-state index is 0.354. The van der Waals surface area contributed by atoms with Crippen molar-refractivity contribution in [1.82, 2.24) is 9.78 Å². The maximum Gasteiger partial charge on any atom is 0.330 e. The third-order valence-corrected chi connectivity index (χ3v) is 3.12. The maximum absolute atomic E-state index is 12.9. The van der Waals surface area contributed by atoms with Crippen LogP contribution in [0.4, 0.5) is 4.39 Å². The molecule has 0 aliphatic heterocycles. The van der Waals surface area contributed by atoms with Crippen molar-refractivity contribution in [3.8, 4) is 11.3 Å². The van der Waals surface area contributed by atoms with Gasteiger partial charge in [0.1, 0.15) is 5.82 Å². The molecule has 0 saturated carbocycles. The van der Waals surface area contributed by atoms with Crippen LogP contribution in [0.25, 0.3) is 11.3 Å². The van der Waals surface area contributed by atoms with Gasteiger partial charge in [-0.2, -0.15) is 5.10 Å². The summed E-state index contributed by atoms with van der Waals surface area (Å²) in [5, 5.41) is 4.19. The molecule has 0 amide bonds. The first-order valence-corrected chi connectivity index (χ1v) is 6.50. The molecule has 0 unspecified atom stereocenters. The number of halogens is 1. The SMILES string of the molecule is CC[C@@H](C(=O)OC)n1nc(-c2ccc(F)cc2)ccc1=O. The summed E-state index contributed by atoms with van der Waals surface area (Å²) < 4.78 is 18.7. The van der Waals surface area contributed by atoms with Crippen LogP contribution in [-0.4, -0.2) is 22.9 Å². The number of benzene rings is 1. The molecule has 0 N–H and O–H groups in total. The Morgan fingerprint density at radius 3 is 2.52 bits per heavy atom. The maximum atomic E-state index is 12.9. The highest BCUT2D eigenvalue weighted by Crippen LogP contribution is 2.17. The first kappa shape index (κ1) is 14.9. The number of hydrogen-bond donors (Lipinski definition) is 0. The molecule has 0 bridgehead atoms. The fraction of sp³-hybridized carbons (Fsp3) is 0.267. The van der Waals surface area contributed by atoms with Crippen LogP contribution in [0.2, 0.25) is 0 Å². The van der Waals surface area contributed by atoms with Gasteiger partial charge in [-0.05, 0) is 36.8 Å². The molecule has 0 radical (unpaired) electrons. The largest absolute Gasteiger partial charge is 0.467 e. The Morgan fingerprint density at radius 1 is 1.29 bits per heavy atom. The van der Waals surface area contributed by atoms with Crippen molar-refractivity contribution in [2.75, 3.05) is 7.11 Å². The molecular weight excluding hydrogens is 275 g/mol. The van der Waals surface area contributed by atoms with Gasteiger partial charge in [0.2, 0.25) is 0 Å². The second-order valence-corrected chi connectivity index (χ2v) is 4.46. The summed E-state index contributed by atoms with van der Waals surface area (Å²) in [6.07, 6.45) is 0.381. The smallest absolute Gasteiger partial charge is 0.330 e. The summed E-state index contributed by atoms with van der Waals surface area (Å²) in [6.45, 7) is 1.76. The molecule has 1 aromatic heterocycles. The van der Waals surface area contributed by atoms with Crippen molar-refractivity contribution in [2.45, 2.75) is 19.4 Å². The van der Waals surface area contributed by atoms with Crippen molar-refractivity contribution < 1.29 is 13.9 Å². The molecule has 1 heterocycles. The lowest BCUT2D eigenvalue weighted by molar-refractivity contribution is -0.145. The molecule has 0 spiro atoms. The van der Waals surface area contributed by atoms with E-state index >= 15 is 0 Å². The van der Waals surface area contributed by atoms with Crippen LogP contribution < -0.4 is 5.56 Å². The Hall–Kier alpha value is -2.50. The number of hydrogen-bond acceptors (Lipinski definition) is 4. The van der Waals surface area contributed by atoms with Crippen LogP contribution in [-0.2, 0) is 9.53 Å². The fourth-order valence-electron chi connectivity index (χ4n) is 2.00. The number of methoxy groups -OCH3 is 1. The van der Waals surface area contributed by atoms with E-state index in [9.17, 15) is 14.0 Å². The topological polar surface area (TPSA) is 61.2 Å². The lowest BCUT2D eigenvalue weighted by Gasteiger charge is -2.15. The Labute approximate surface area is 121 Å². The number of rotatable bonds is 4. The van der Waals surface area contributed by atoms with E-state index in [1.165, 1.54) is 31.4 Å². The van der Waals surface area contributed by atoms with E-state index in [-0.39, 0.29) is 5.82 Å². The van der Waals surface area contributed by atoms with Gasteiger partial charge >= 0.3 is 5.97 Å². The van der Waals surface area contributed by atoms with Crippen LogP contribution in [0, 0.1) is 5.82 Å². The van der Waals surface area contributed by atoms with Crippen LogP contribution in [0.5, 0.6) is 0 Å². The number of carbonyl (C=O) groups is 1. The van der Waals surface area contributed by atoms with E-state index in [2.05, 4.69) is 9.84 Å². The van der Waals surface area contributed by atoms with Crippen molar-refractivity contribution in [1.29, 1.82) is 0 Å². The Kier molecular flexibility index (Phi) is 4.47.